The minimum absolute atomic E-state index is 0.0338. The van der Waals surface area contributed by atoms with E-state index in [1.807, 2.05) is 0 Å². The summed E-state index contributed by atoms with van der Waals surface area (Å²) in [6.07, 6.45) is -6.83. The van der Waals surface area contributed by atoms with Crippen LogP contribution in [0.5, 0.6) is 11.5 Å². The van der Waals surface area contributed by atoms with E-state index in [1.165, 1.54) is 6.07 Å². The Morgan fingerprint density at radius 3 is 2.56 bits per heavy atom. The number of amides is 1. The summed E-state index contributed by atoms with van der Waals surface area (Å²) in [4.78, 5) is 34.3. The first kappa shape index (κ1) is 23.0. The molecule has 1 amide bonds. The van der Waals surface area contributed by atoms with Crippen molar-refractivity contribution in [2.24, 2.45) is 15.9 Å². The largest absolute Gasteiger partial charge is 0.449 e. The quantitative estimate of drug-likeness (QED) is 0.618. The van der Waals surface area contributed by atoms with Crippen LogP contribution in [-0.4, -0.2) is 33.9 Å². The summed E-state index contributed by atoms with van der Waals surface area (Å²) in [7, 11) is 0. The SMILES string of the molecule is N#Cc1cc(Cl)cc(Oc2c(C(F)(F)F)ncn(CC3C=NC(C(F)F)=NC3=O)c2=O)c1. The molecular formula is C18H9ClF5N5O3. The van der Waals surface area contributed by atoms with E-state index in [1.54, 1.807) is 6.07 Å². The fourth-order valence-electron chi connectivity index (χ4n) is 2.60. The standard InChI is InChI=1S/C18H9ClF5N5O3/c19-10-1-8(4-25)2-11(3-10)32-12-13(18(22,23)24)27-7-29(17(12)31)6-9-5-26-15(14(20)21)28-16(9)30/h1-3,5,7,9,14H,6H2. The fourth-order valence-corrected chi connectivity index (χ4v) is 2.82. The van der Waals surface area contributed by atoms with Crippen molar-refractivity contribution in [1.29, 1.82) is 5.26 Å². The van der Waals surface area contributed by atoms with E-state index in [-0.39, 0.29) is 16.3 Å². The molecule has 1 atom stereocenters. The summed E-state index contributed by atoms with van der Waals surface area (Å²) in [5.74, 6) is -4.93. The van der Waals surface area contributed by atoms with Crippen molar-refractivity contribution in [1.82, 2.24) is 9.55 Å². The summed E-state index contributed by atoms with van der Waals surface area (Å²) in [5.41, 5.74) is -3.02. The number of alkyl halides is 5. The van der Waals surface area contributed by atoms with Crippen LogP contribution in [-0.2, 0) is 17.5 Å². The number of aliphatic imine (C=N–C) groups is 2. The number of aromatic nitrogens is 2. The maximum atomic E-state index is 13.4. The van der Waals surface area contributed by atoms with Crippen molar-refractivity contribution in [2.45, 2.75) is 19.1 Å². The van der Waals surface area contributed by atoms with Gasteiger partial charge in [0.15, 0.2) is 11.5 Å². The molecule has 32 heavy (non-hydrogen) atoms. The summed E-state index contributed by atoms with van der Waals surface area (Å²) in [5, 5.41) is 8.94. The first-order valence-electron chi connectivity index (χ1n) is 8.49. The molecule has 166 valence electrons. The van der Waals surface area contributed by atoms with Crippen LogP contribution in [0.15, 0.2) is 39.3 Å². The molecule has 0 spiro atoms. The van der Waals surface area contributed by atoms with E-state index >= 15 is 0 Å². The zero-order valence-corrected chi connectivity index (χ0v) is 16.2. The lowest BCUT2D eigenvalue weighted by atomic mass is 10.1. The molecule has 1 aromatic carbocycles. The lowest BCUT2D eigenvalue weighted by molar-refractivity contribution is -0.142. The molecule has 2 heterocycles. The second kappa shape index (κ2) is 8.83. The van der Waals surface area contributed by atoms with Gasteiger partial charge in [-0.3, -0.25) is 14.2 Å². The average Bonchev–Trinajstić information content (AvgIpc) is 2.70. The predicted molar refractivity (Wildman–Crippen MR) is 100 cm³/mol. The number of hydrogen-bond acceptors (Lipinski definition) is 6. The van der Waals surface area contributed by atoms with Gasteiger partial charge in [0.25, 0.3) is 17.9 Å². The molecule has 0 bridgehead atoms. The number of nitriles is 1. The fraction of sp³-hybridized carbons (Fsp3) is 0.222. The zero-order chi connectivity index (χ0) is 23.6. The van der Waals surface area contributed by atoms with E-state index in [0.29, 0.717) is 10.9 Å². The molecular weight excluding hydrogens is 465 g/mol. The summed E-state index contributed by atoms with van der Waals surface area (Å²) < 4.78 is 71.1. The molecule has 8 nitrogen and oxygen atoms in total. The van der Waals surface area contributed by atoms with Gasteiger partial charge in [-0.1, -0.05) is 11.6 Å². The van der Waals surface area contributed by atoms with Gasteiger partial charge in [0.2, 0.25) is 5.75 Å². The van der Waals surface area contributed by atoms with Gasteiger partial charge in [0, 0.05) is 17.8 Å². The molecule has 1 unspecified atom stereocenters. The summed E-state index contributed by atoms with van der Waals surface area (Å²) >= 11 is 5.80. The van der Waals surface area contributed by atoms with Crippen LogP contribution in [0.4, 0.5) is 22.0 Å². The van der Waals surface area contributed by atoms with Gasteiger partial charge in [0.1, 0.15) is 5.75 Å². The van der Waals surface area contributed by atoms with Gasteiger partial charge >= 0.3 is 6.18 Å². The van der Waals surface area contributed by atoms with Crippen molar-refractivity contribution in [3.63, 3.8) is 0 Å². The minimum atomic E-state index is -5.08. The number of ether oxygens (including phenoxy) is 1. The monoisotopic (exact) mass is 473 g/mol. The highest BCUT2D eigenvalue weighted by Gasteiger charge is 2.39. The van der Waals surface area contributed by atoms with Crippen molar-refractivity contribution in [3.8, 4) is 17.6 Å². The van der Waals surface area contributed by atoms with Crippen LogP contribution in [0.3, 0.4) is 0 Å². The van der Waals surface area contributed by atoms with Crippen LogP contribution in [0.25, 0.3) is 0 Å². The lowest BCUT2D eigenvalue weighted by Gasteiger charge is -2.17. The molecule has 0 radical (unpaired) electrons. The molecule has 1 aliphatic heterocycles. The summed E-state index contributed by atoms with van der Waals surface area (Å²) in [6.45, 7) is -0.582. The lowest BCUT2D eigenvalue weighted by Crippen LogP contribution is -2.33. The van der Waals surface area contributed by atoms with E-state index in [2.05, 4.69) is 15.0 Å². The molecule has 3 rings (SSSR count). The maximum Gasteiger partial charge on any atom is 0.437 e. The number of carbonyl (C=O) groups is 1. The second-order valence-electron chi connectivity index (χ2n) is 6.26. The topological polar surface area (TPSA) is 110 Å². The van der Waals surface area contributed by atoms with Crippen molar-refractivity contribution < 1.29 is 31.5 Å². The highest BCUT2D eigenvalue weighted by Crippen LogP contribution is 2.35. The van der Waals surface area contributed by atoms with Gasteiger partial charge in [-0.05, 0) is 18.2 Å². The second-order valence-corrected chi connectivity index (χ2v) is 6.70. The molecule has 1 aromatic heterocycles. The predicted octanol–water partition coefficient (Wildman–Crippen LogP) is 3.47. The highest BCUT2D eigenvalue weighted by molar-refractivity contribution is 6.30. The van der Waals surface area contributed by atoms with Gasteiger partial charge in [-0.15, -0.1) is 0 Å². The minimum Gasteiger partial charge on any atom is -0.449 e. The Labute approximate surface area is 180 Å². The Morgan fingerprint density at radius 1 is 1.25 bits per heavy atom. The van der Waals surface area contributed by atoms with Crippen LogP contribution in [0, 0.1) is 17.2 Å². The normalized spacial score (nSPS) is 16.1. The first-order valence-corrected chi connectivity index (χ1v) is 8.87. The smallest absolute Gasteiger partial charge is 0.437 e. The number of hydrogen-bond donors (Lipinski definition) is 0. The maximum absolute atomic E-state index is 13.4. The number of amidine groups is 1. The van der Waals surface area contributed by atoms with Crippen LogP contribution >= 0.6 is 11.6 Å². The third-order valence-electron chi connectivity index (χ3n) is 4.00. The van der Waals surface area contributed by atoms with E-state index in [9.17, 15) is 31.5 Å². The number of benzene rings is 1. The number of carbonyl (C=O) groups excluding carboxylic acids is 1. The molecule has 2 aromatic rings. The molecule has 1 aliphatic rings. The van der Waals surface area contributed by atoms with E-state index in [0.717, 1.165) is 18.3 Å². The Balaban J connectivity index is 2.00. The van der Waals surface area contributed by atoms with Gasteiger partial charge in [0.05, 0.1) is 23.9 Å². The third kappa shape index (κ3) is 4.97. The first-order chi connectivity index (χ1) is 15.0. The summed E-state index contributed by atoms with van der Waals surface area (Å²) in [6, 6.07) is 5.09. The van der Waals surface area contributed by atoms with Crippen LogP contribution in [0.1, 0.15) is 11.3 Å². The van der Waals surface area contributed by atoms with Crippen molar-refractivity contribution in [3.05, 3.63) is 51.2 Å². The van der Waals surface area contributed by atoms with Crippen LogP contribution in [0.2, 0.25) is 5.02 Å². The molecule has 0 saturated heterocycles. The zero-order valence-electron chi connectivity index (χ0n) is 15.5. The number of nitrogens with zero attached hydrogens (tertiary/aromatic N) is 5. The number of rotatable bonds is 5. The molecule has 0 fully saturated rings. The van der Waals surface area contributed by atoms with Crippen LogP contribution < -0.4 is 10.3 Å². The number of halogens is 6. The van der Waals surface area contributed by atoms with Crippen molar-refractivity contribution >= 4 is 29.6 Å². The average molecular weight is 474 g/mol. The van der Waals surface area contributed by atoms with Gasteiger partial charge in [-0.2, -0.15) is 23.4 Å². The Hall–Kier alpha value is -3.66. The van der Waals surface area contributed by atoms with Crippen molar-refractivity contribution in [2.75, 3.05) is 0 Å². The molecule has 0 aliphatic carbocycles. The molecule has 0 saturated carbocycles. The highest BCUT2D eigenvalue weighted by atomic mass is 35.5. The Bertz CT molecular complexity index is 1230. The van der Waals surface area contributed by atoms with Gasteiger partial charge < -0.3 is 4.74 Å². The van der Waals surface area contributed by atoms with Gasteiger partial charge in [-0.25, -0.2) is 18.8 Å². The molecule has 14 heteroatoms. The molecule has 0 N–H and O–H groups in total. The Morgan fingerprint density at radius 2 is 1.97 bits per heavy atom. The van der Waals surface area contributed by atoms with E-state index < -0.39 is 53.8 Å². The Kier molecular flexibility index (Phi) is 6.35. The van der Waals surface area contributed by atoms with E-state index in [4.69, 9.17) is 21.6 Å². The third-order valence-corrected chi connectivity index (χ3v) is 4.22.